The van der Waals surface area contributed by atoms with Crippen molar-refractivity contribution in [3.8, 4) is 0 Å². The lowest BCUT2D eigenvalue weighted by atomic mass is 9.99. The zero-order valence-electron chi connectivity index (χ0n) is 12.9. The van der Waals surface area contributed by atoms with E-state index in [9.17, 15) is 18.7 Å². The molecule has 4 nitrogen and oxygen atoms in total. The first-order chi connectivity index (χ1) is 10.1. The van der Waals surface area contributed by atoms with E-state index in [-0.39, 0.29) is 12.0 Å². The first-order valence-corrected chi connectivity index (χ1v) is 6.87. The van der Waals surface area contributed by atoms with Crippen LogP contribution in [0.5, 0.6) is 0 Å². The van der Waals surface area contributed by atoms with Gasteiger partial charge in [-0.15, -0.1) is 6.58 Å². The zero-order chi connectivity index (χ0) is 16.9. The Morgan fingerprint density at radius 2 is 2.09 bits per heavy atom. The van der Waals surface area contributed by atoms with Crippen LogP contribution in [-0.2, 0) is 4.74 Å². The summed E-state index contributed by atoms with van der Waals surface area (Å²) in [6, 6.07) is 1.89. The summed E-state index contributed by atoms with van der Waals surface area (Å²) in [4.78, 5) is 11.8. The molecule has 6 heteroatoms. The minimum Gasteiger partial charge on any atom is -0.444 e. The quantitative estimate of drug-likeness (QED) is 0.818. The number of carbonyl (C=O) groups excluding carboxylic acids is 1. The van der Waals surface area contributed by atoms with Crippen molar-refractivity contribution in [2.45, 2.75) is 44.9 Å². The molecule has 0 heterocycles. The third-order valence-electron chi connectivity index (χ3n) is 2.78. The number of nitrogens with one attached hydrogen (secondary N) is 1. The standard InChI is InChI=1S/C16H21F2NO3/c1-5-6-13(19-15(21)22-16(2,3)4)14(20)11-9-10(17)7-8-12(11)18/h5,7-9,13-14,20H,1,6H2,2-4H3,(H,19,21). The van der Waals surface area contributed by atoms with Gasteiger partial charge in [-0.1, -0.05) is 6.08 Å². The highest BCUT2D eigenvalue weighted by Crippen LogP contribution is 2.23. The molecule has 1 aromatic carbocycles. The number of rotatable bonds is 5. The third kappa shape index (κ3) is 5.44. The van der Waals surface area contributed by atoms with Crippen LogP contribution in [0.2, 0.25) is 0 Å². The molecule has 0 aliphatic rings. The molecule has 0 fully saturated rings. The summed E-state index contributed by atoms with van der Waals surface area (Å²) < 4.78 is 32.1. The largest absolute Gasteiger partial charge is 0.444 e. The zero-order valence-corrected chi connectivity index (χ0v) is 12.9. The van der Waals surface area contributed by atoms with Crippen LogP contribution in [0.3, 0.4) is 0 Å². The summed E-state index contributed by atoms with van der Waals surface area (Å²) in [6.45, 7) is 8.60. The summed E-state index contributed by atoms with van der Waals surface area (Å²) in [5.41, 5.74) is -0.944. The van der Waals surface area contributed by atoms with E-state index < -0.39 is 35.5 Å². The molecule has 22 heavy (non-hydrogen) atoms. The molecule has 122 valence electrons. The second kappa shape index (κ2) is 7.35. The van der Waals surface area contributed by atoms with Crippen LogP contribution < -0.4 is 5.32 Å². The van der Waals surface area contributed by atoms with E-state index in [1.54, 1.807) is 20.8 Å². The minimum atomic E-state index is -1.43. The van der Waals surface area contributed by atoms with E-state index in [0.29, 0.717) is 0 Å². The average molecular weight is 313 g/mol. The van der Waals surface area contributed by atoms with Crippen molar-refractivity contribution in [1.29, 1.82) is 0 Å². The van der Waals surface area contributed by atoms with E-state index in [2.05, 4.69) is 11.9 Å². The van der Waals surface area contributed by atoms with Gasteiger partial charge in [0.2, 0.25) is 0 Å². The number of benzene rings is 1. The van der Waals surface area contributed by atoms with Gasteiger partial charge in [0.15, 0.2) is 0 Å². The molecular weight excluding hydrogens is 292 g/mol. The van der Waals surface area contributed by atoms with Crippen molar-refractivity contribution in [2.75, 3.05) is 0 Å². The highest BCUT2D eigenvalue weighted by atomic mass is 19.1. The molecule has 2 atom stereocenters. The molecule has 0 bridgehead atoms. The summed E-state index contributed by atoms with van der Waals surface area (Å²) in [6.07, 6.45) is -0.560. The monoisotopic (exact) mass is 313 g/mol. The predicted molar refractivity (Wildman–Crippen MR) is 79.3 cm³/mol. The Labute approximate surface area is 128 Å². The Morgan fingerprint density at radius 1 is 1.45 bits per heavy atom. The van der Waals surface area contributed by atoms with E-state index >= 15 is 0 Å². The molecule has 2 N–H and O–H groups in total. The Bertz CT molecular complexity index is 541. The molecule has 0 aliphatic heterocycles. The van der Waals surface area contributed by atoms with Crippen molar-refractivity contribution < 1.29 is 23.4 Å². The van der Waals surface area contributed by atoms with E-state index in [1.807, 2.05) is 0 Å². The molecule has 0 saturated heterocycles. The van der Waals surface area contributed by atoms with Gasteiger partial charge in [0, 0.05) is 5.56 Å². The van der Waals surface area contributed by atoms with E-state index in [4.69, 9.17) is 4.74 Å². The Kier molecular flexibility index (Phi) is 6.05. The highest BCUT2D eigenvalue weighted by Gasteiger charge is 2.26. The molecule has 2 unspecified atom stereocenters. The topological polar surface area (TPSA) is 58.6 Å². The second-order valence-corrected chi connectivity index (χ2v) is 5.89. The van der Waals surface area contributed by atoms with Gasteiger partial charge >= 0.3 is 6.09 Å². The molecule has 0 spiro atoms. The molecule has 0 aliphatic carbocycles. The van der Waals surface area contributed by atoms with Gasteiger partial charge in [-0.2, -0.15) is 0 Å². The predicted octanol–water partition coefficient (Wildman–Crippen LogP) is 3.47. The number of aliphatic hydroxyl groups excluding tert-OH is 1. The molecule has 0 saturated carbocycles. The summed E-state index contributed by atoms with van der Waals surface area (Å²) in [5, 5.41) is 12.7. The fraction of sp³-hybridized carbons (Fsp3) is 0.438. The van der Waals surface area contributed by atoms with E-state index in [0.717, 1.165) is 18.2 Å². The van der Waals surface area contributed by atoms with Crippen molar-refractivity contribution in [3.05, 3.63) is 48.1 Å². The molecule has 0 radical (unpaired) electrons. The molecule has 1 amide bonds. The highest BCUT2D eigenvalue weighted by molar-refractivity contribution is 5.68. The van der Waals surface area contributed by atoms with Crippen LogP contribution in [0.15, 0.2) is 30.9 Å². The lowest BCUT2D eigenvalue weighted by Gasteiger charge is -2.26. The summed E-state index contributed by atoms with van der Waals surface area (Å²) in [5.74, 6) is -1.43. The van der Waals surface area contributed by atoms with Gasteiger partial charge in [0.05, 0.1) is 6.04 Å². The van der Waals surface area contributed by atoms with Gasteiger partial charge < -0.3 is 15.2 Å². The molecule has 0 aromatic heterocycles. The normalized spacial score (nSPS) is 14.1. The molecule has 1 rings (SSSR count). The van der Waals surface area contributed by atoms with Gasteiger partial charge in [-0.3, -0.25) is 0 Å². The van der Waals surface area contributed by atoms with Crippen LogP contribution in [0.4, 0.5) is 13.6 Å². The van der Waals surface area contributed by atoms with Gasteiger partial charge in [-0.05, 0) is 45.4 Å². The maximum Gasteiger partial charge on any atom is 0.407 e. The number of carbonyl (C=O) groups is 1. The SMILES string of the molecule is C=CCC(NC(=O)OC(C)(C)C)C(O)c1cc(F)ccc1F. The van der Waals surface area contributed by atoms with Crippen LogP contribution in [0.25, 0.3) is 0 Å². The number of ether oxygens (including phenoxy) is 1. The van der Waals surface area contributed by atoms with Gasteiger partial charge in [0.1, 0.15) is 23.3 Å². The van der Waals surface area contributed by atoms with Crippen LogP contribution in [0, 0.1) is 11.6 Å². The Balaban J connectivity index is 2.92. The number of alkyl carbamates (subject to hydrolysis) is 1. The summed E-state index contributed by atoms with van der Waals surface area (Å²) in [7, 11) is 0. The lowest BCUT2D eigenvalue weighted by molar-refractivity contribution is 0.0419. The van der Waals surface area contributed by atoms with E-state index in [1.165, 1.54) is 6.08 Å². The smallest absolute Gasteiger partial charge is 0.407 e. The van der Waals surface area contributed by atoms with Crippen molar-refractivity contribution in [2.24, 2.45) is 0 Å². The van der Waals surface area contributed by atoms with Crippen molar-refractivity contribution in [3.63, 3.8) is 0 Å². The average Bonchev–Trinajstić information content (AvgIpc) is 2.38. The fourth-order valence-electron chi connectivity index (χ4n) is 1.86. The molecular formula is C16H21F2NO3. The first-order valence-electron chi connectivity index (χ1n) is 6.87. The van der Waals surface area contributed by atoms with Crippen LogP contribution >= 0.6 is 0 Å². The van der Waals surface area contributed by atoms with Gasteiger partial charge in [0.25, 0.3) is 0 Å². The molecule has 1 aromatic rings. The van der Waals surface area contributed by atoms with Gasteiger partial charge in [-0.25, -0.2) is 13.6 Å². The number of halogens is 2. The Morgan fingerprint density at radius 3 is 2.64 bits per heavy atom. The first kappa shape index (κ1) is 18.1. The van der Waals surface area contributed by atoms with Crippen molar-refractivity contribution >= 4 is 6.09 Å². The number of amides is 1. The maximum absolute atomic E-state index is 13.7. The third-order valence-corrected chi connectivity index (χ3v) is 2.78. The lowest BCUT2D eigenvalue weighted by Crippen LogP contribution is -2.42. The van der Waals surface area contributed by atoms with Crippen LogP contribution in [-0.4, -0.2) is 22.8 Å². The number of hydrogen-bond acceptors (Lipinski definition) is 3. The fourth-order valence-corrected chi connectivity index (χ4v) is 1.86. The Hall–Kier alpha value is -1.95. The number of aliphatic hydroxyl groups is 1. The maximum atomic E-state index is 13.7. The second-order valence-electron chi connectivity index (χ2n) is 5.89. The van der Waals surface area contributed by atoms with Crippen molar-refractivity contribution in [1.82, 2.24) is 5.32 Å². The minimum absolute atomic E-state index is 0.163. The van der Waals surface area contributed by atoms with Crippen LogP contribution in [0.1, 0.15) is 38.9 Å². The number of hydrogen-bond donors (Lipinski definition) is 2. The summed E-state index contributed by atoms with van der Waals surface area (Å²) >= 11 is 0.